The summed E-state index contributed by atoms with van der Waals surface area (Å²) in [6.07, 6.45) is 0.624. The van der Waals surface area contributed by atoms with Crippen molar-refractivity contribution in [3.8, 4) is 0 Å². The van der Waals surface area contributed by atoms with E-state index in [2.05, 4.69) is 10.6 Å². The van der Waals surface area contributed by atoms with Gasteiger partial charge in [-0.1, -0.05) is 0 Å². The molecule has 0 fully saturated rings. The first-order chi connectivity index (χ1) is 7.99. The minimum absolute atomic E-state index is 0.357. The molecule has 0 bridgehead atoms. The van der Waals surface area contributed by atoms with Gasteiger partial charge in [-0.3, -0.25) is 9.59 Å². The highest BCUT2D eigenvalue weighted by molar-refractivity contribution is 6.05. The van der Waals surface area contributed by atoms with Crippen LogP contribution in [0, 0.1) is 0 Å². The van der Waals surface area contributed by atoms with E-state index in [1.54, 1.807) is 0 Å². The number of carbonyl (C=O) groups excluding carboxylic acids is 3. The fraction of sp³-hybridized carbons (Fsp3) is 0.667. The molecule has 0 unspecified atom stereocenters. The van der Waals surface area contributed by atoms with Gasteiger partial charge in [0.15, 0.2) is 6.04 Å². The summed E-state index contributed by atoms with van der Waals surface area (Å²) in [4.78, 5) is 32.7. The van der Waals surface area contributed by atoms with Crippen molar-refractivity contribution < 1.29 is 19.1 Å². The Hall–Kier alpha value is -1.83. The van der Waals surface area contributed by atoms with Gasteiger partial charge in [-0.05, 0) is 13.3 Å². The Labute approximate surface area is 99.0 Å². The molecular weight excluding hydrogens is 228 g/mol. The van der Waals surface area contributed by atoms with E-state index in [9.17, 15) is 14.4 Å². The molecule has 6 N–H and O–H groups in total. The number of carbonyl (C=O) groups is 3. The van der Waals surface area contributed by atoms with Crippen LogP contribution in [-0.4, -0.2) is 43.6 Å². The van der Waals surface area contributed by atoms with Crippen molar-refractivity contribution in [1.29, 1.82) is 0 Å². The maximum absolute atomic E-state index is 11.2. The van der Waals surface area contributed by atoms with E-state index in [1.165, 1.54) is 0 Å². The Morgan fingerprint density at radius 2 is 1.82 bits per heavy atom. The third-order valence-corrected chi connectivity index (χ3v) is 1.80. The molecule has 0 aromatic carbocycles. The monoisotopic (exact) mass is 246 g/mol. The van der Waals surface area contributed by atoms with Crippen LogP contribution in [0.15, 0.2) is 0 Å². The Bertz CT molecular complexity index is 268. The summed E-state index contributed by atoms with van der Waals surface area (Å²) in [6, 6.07) is -2.18. The predicted octanol–water partition coefficient (Wildman–Crippen LogP) is -1.95. The van der Waals surface area contributed by atoms with Crippen LogP contribution in [-0.2, 0) is 14.3 Å². The predicted molar refractivity (Wildman–Crippen MR) is 59.8 cm³/mol. The molecule has 0 radical (unpaired) electrons. The van der Waals surface area contributed by atoms with Crippen molar-refractivity contribution in [2.75, 3.05) is 19.8 Å². The summed E-state index contributed by atoms with van der Waals surface area (Å²) in [7, 11) is 0. The molecule has 0 aromatic rings. The van der Waals surface area contributed by atoms with Gasteiger partial charge in [-0.15, -0.1) is 0 Å². The van der Waals surface area contributed by atoms with Crippen LogP contribution in [0.2, 0.25) is 0 Å². The van der Waals surface area contributed by atoms with E-state index in [0.29, 0.717) is 26.2 Å². The SMILES string of the molecule is CCOCCCNC(=O)NC(C(N)=O)C(N)=O. The van der Waals surface area contributed by atoms with Crippen LogP contribution in [0.4, 0.5) is 4.79 Å². The molecule has 0 heterocycles. The summed E-state index contributed by atoms with van der Waals surface area (Å²) >= 11 is 0. The smallest absolute Gasteiger partial charge is 0.315 e. The second-order valence-corrected chi connectivity index (χ2v) is 3.19. The van der Waals surface area contributed by atoms with Gasteiger partial charge in [0.25, 0.3) is 0 Å². The molecule has 0 saturated heterocycles. The molecule has 0 saturated carbocycles. The quantitative estimate of drug-likeness (QED) is 0.292. The molecule has 0 aliphatic rings. The molecule has 0 aromatic heterocycles. The van der Waals surface area contributed by atoms with Crippen molar-refractivity contribution in [3.05, 3.63) is 0 Å². The topological polar surface area (TPSA) is 137 Å². The summed E-state index contributed by atoms with van der Waals surface area (Å²) in [6.45, 7) is 3.35. The van der Waals surface area contributed by atoms with Gasteiger partial charge < -0.3 is 26.8 Å². The molecule has 8 heteroatoms. The average Bonchev–Trinajstić information content (AvgIpc) is 2.24. The molecule has 8 nitrogen and oxygen atoms in total. The van der Waals surface area contributed by atoms with Crippen molar-refractivity contribution >= 4 is 17.8 Å². The Balaban J connectivity index is 3.83. The second-order valence-electron chi connectivity index (χ2n) is 3.19. The molecule has 0 aliphatic carbocycles. The molecular formula is C9H18N4O4. The highest BCUT2D eigenvalue weighted by atomic mass is 16.5. The van der Waals surface area contributed by atoms with Gasteiger partial charge in [0.05, 0.1) is 0 Å². The third-order valence-electron chi connectivity index (χ3n) is 1.80. The van der Waals surface area contributed by atoms with Gasteiger partial charge >= 0.3 is 6.03 Å². The number of nitrogens with one attached hydrogen (secondary N) is 2. The lowest BCUT2D eigenvalue weighted by Gasteiger charge is -2.12. The Morgan fingerprint density at radius 1 is 1.24 bits per heavy atom. The highest BCUT2D eigenvalue weighted by Crippen LogP contribution is 1.83. The summed E-state index contributed by atoms with van der Waals surface area (Å²) in [5, 5.41) is 4.50. The molecule has 4 amide bonds. The fourth-order valence-electron chi connectivity index (χ4n) is 0.985. The maximum Gasteiger partial charge on any atom is 0.315 e. The van der Waals surface area contributed by atoms with Crippen LogP contribution >= 0.6 is 0 Å². The minimum atomic E-state index is -1.50. The largest absolute Gasteiger partial charge is 0.382 e. The van der Waals surface area contributed by atoms with E-state index in [0.717, 1.165) is 0 Å². The van der Waals surface area contributed by atoms with Gasteiger partial charge in [0.1, 0.15) is 0 Å². The van der Waals surface area contributed by atoms with E-state index in [-0.39, 0.29) is 0 Å². The highest BCUT2D eigenvalue weighted by Gasteiger charge is 2.23. The van der Waals surface area contributed by atoms with E-state index >= 15 is 0 Å². The van der Waals surface area contributed by atoms with Crippen LogP contribution < -0.4 is 22.1 Å². The number of hydrogen-bond donors (Lipinski definition) is 4. The van der Waals surface area contributed by atoms with Crippen LogP contribution in [0.3, 0.4) is 0 Å². The number of ether oxygens (including phenoxy) is 1. The first-order valence-electron chi connectivity index (χ1n) is 5.19. The van der Waals surface area contributed by atoms with Gasteiger partial charge in [-0.25, -0.2) is 4.79 Å². The zero-order valence-electron chi connectivity index (χ0n) is 9.69. The molecule has 0 aliphatic heterocycles. The summed E-state index contributed by atoms with van der Waals surface area (Å²) < 4.78 is 5.05. The normalized spacial score (nSPS) is 10.0. The summed E-state index contributed by atoms with van der Waals surface area (Å²) in [5.41, 5.74) is 9.76. The number of nitrogens with two attached hydrogens (primary N) is 2. The van der Waals surface area contributed by atoms with E-state index in [4.69, 9.17) is 16.2 Å². The molecule has 0 atom stereocenters. The lowest BCUT2D eigenvalue weighted by Crippen LogP contribution is -2.55. The van der Waals surface area contributed by atoms with Crippen LogP contribution in [0.25, 0.3) is 0 Å². The molecule has 17 heavy (non-hydrogen) atoms. The average molecular weight is 246 g/mol. The molecule has 0 rings (SSSR count). The van der Waals surface area contributed by atoms with Crippen LogP contribution in [0.5, 0.6) is 0 Å². The van der Waals surface area contributed by atoms with Gasteiger partial charge in [0, 0.05) is 19.8 Å². The van der Waals surface area contributed by atoms with Crippen molar-refractivity contribution in [1.82, 2.24) is 10.6 Å². The number of rotatable bonds is 8. The van der Waals surface area contributed by atoms with E-state index in [1.807, 2.05) is 6.92 Å². The Kier molecular flexibility index (Phi) is 7.44. The van der Waals surface area contributed by atoms with Gasteiger partial charge in [-0.2, -0.15) is 0 Å². The zero-order valence-corrected chi connectivity index (χ0v) is 9.69. The number of urea groups is 1. The molecule has 98 valence electrons. The van der Waals surface area contributed by atoms with Crippen molar-refractivity contribution in [2.45, 2.75) is 19.4 Å². The van der Waals surface area contributed by atoms with Crippen LogP contribution in [0.1, 0.15) is 13.3 Å². The second kappa shape index (κ2) is 8.34. The zero-order chi connectivity index (χ0) is 13.3. The third kappa shape index (κ3) is 7.12. The fourth-order valence-corrected chi connectivity index (χ4v) is 0.985. The summed E-state index contributed by atoms with van der Waals surface area (Å²) in [5.74, 6) is -2.00. The molecule has 0 spiro atoms. The number of primary amides is 2. The minimum Gasteiger partial charge on any atom is -0.382 e. The van der Waals surface area contributed by atoms with E-state index < -0.39 is 23.9 Å². The lowest BCUT2D eigenvalue weighted by atomic mass is 10.3. The lowest BCUT2D eigenvalue weighted by molar-refractivity contribution is -0.128. The number of hydrogen-bond acceptors (Lipinski definition) is 4. The van der Waals surface area contributed by atoms with Gasteiger partial charge in [0.2, 0.25) is 11.8 Å². The van der Waals surface area contributed by atoms with Crippen molar-refractivity contribution in [2.24, 2.45) is 11.5 Å². The first-order valence-corrected chi connectivity index (χ1v) is 5.19. The number of amides is 4. The standard InChI is InChI=1S/C9H18N4O4/c1-2-17-5-3-4-12-9(16)13-6(7(10)14)8(11)15/h6H,2-5H2,1H3,(H2,10,14)(H2,11,15)(H2,12,13,16). The Morgan fingerprint density at radius 3 is 2.29 bits per heavy atom. The van der Waals surface area contributed by atoms with Crippen molar-refractivity contribution in [3.63, 3.8) is 0 Å². The first kappa shape index (κ1) is 15.2. The maximum atomic E-state index is 11.2.